The van der Waals surface area contributed by atoms with E-state index < -0.39 is 0 Å². The third-order valence-electron chi connectivity index (χ3n) is 2.22. The van der Waals surface area contributed by atoms with Crippen LogP contribution in [0.1, 0.15) is 18.7 Å². The number of rotatable bonds is 5. The van der Waals surface area contributed by atoms with Crippen molar-refractivity contribution in [2.75, 3.05) is 5.75 Å². The molecule has 94 valence electrons. The lowest BCUT2D eigenvalue weighted by molar-refractivity contribution is -0.119. The molecule has 1 N–H and O–H groups in total. The normalized spacial score (nSPS) is 12.1. The zero-order chi connectivity index (χ0) is 12.8. The summed E-state index contributed by atoms with van der Waals surface area (Å²) in [5.74, 6) is 0.954. The minimum absolute atomic E-state index is 0.0728. The molecule has 0 spiro atoms. The predicted molar refractivity (Wildman–Crippen MR) is 68.0 cm³/mol. The smallest absolute Gasteiger partial charge is 0.231 e. The molecule has 0 fully saturated rings. The Hall–Kier alpha value is -1.82. The summed E-state index contributed by atoms with van der Waals surface area (Å²) in [7, 11) is 0. The Labute approximate surface area is 109 Å². The molecule has 5 nitrogen and oxygen atoms in total. The lowest BCUT2D eigenvalue weighted by atomic mass is 10.2. The van der Waals surface area contributed by atoms with E-state index in [0.717, 1.165) is 5.76 Å². The van der Waals surface area contributed by atoms with E-state index in [4.69, 9.17) is 4.42 Å². The Balaban J connectivity index is 1.79. The second-order valence-corrected chi connectivity index (χ2v) is 4.57. The molecule has 0 unspecified atom stereocenters. The summed E-state index contributed by atoms with van der Waals surface area (Å²) in [5, 5.41) is 3.44. The second kappa shape index (κ2) is 6.20. The van der Waals surface area contributed by atoms with Crippen molar-refractivity contribution in [3.05, 3.63) is 42.6 Å². The van der Waals surface area contributed by atoms with Crippen LogP contribution in [-0.2, 0) is 4.79 Å². The van der Waals surface area contributed by atoms with Gasteiger partial charge in [-0.05, 0) is 25.1 Å². The summed E-state index contributed by atoms with van der Waals surface area (Å²) in [4.78, 5) is 19.8. The van der Waals surface area contributed by atoms with Gasteiger partial charge in [-0.1, -0.05) is 11.8 Å². The van der Waals surface area contributed by atoms with Gasteiger partial charge in [0.1, 0.15) is 5.76 Å². The van der Waals surface area contributed by atoms with Crippen LogP contribution in [0.15, 0.2) is 46.4 Å². The van der Waals surface area contributed by atoms with E-state index in [-0.39, 0.29) is 17.7 Å². The van der Waals surface area contributed by atoms with Crippen molar-refractivity contribution in [1.29, 1.82) is 0 Å². The van der Waals surface area contributed by atoms with Crippen LogP contribution in [0, 0.1) is 0 Å². The predicted octanol–water partition coefficient (Wildman–Crippen LogP) is 2.04. The first-order valence-electron chi connectivity index (χ1n) is 5.48. The van der Waals surface area contributed by atoms with Gasteiger partial charge in [0.15, 0.2) is 5.16 Å². The summed E-state index contributed by atoms with van der Waals surface area (Å²) in [6.45, 7) is 1.88. The Morgan fingerprint density at radius 2 is 2.22 bits per heavy atom. The lowest BCUT2D eigenvalue weighted by Gasteiger charge is -2.10. The first-order chi connectivity index (χ1) is 8.75. The highest BCUT2D eigenvalue weighted by Gasteiger charge is 2.12. The van der Waals surface area contributed by atoms with Crippen LogP contribution < -0.4 is 5.32 Å². The minimum atomic E-state index is -0.134. The molecule has 1 atom stereocenters. The maximum atomic E-state index is 11.7. The van der Waals surface area contributed by atoms with Crippen LogP contribution in [0.4, 0.5) is 0 Å². The summed E-state index contributed by atoms with van der Waals surface area (Å²) < 4.78 is 5.21. The number of aromatic nitrogens is 2. The molecule has 0 saturated heterocycles. The van der Waals surface area contributed by atoms with Crippen molar-refractivity contribution in [2.24, 2.45) is 0 Å². The molecule has 2 heterocycles. The first kappa shape index (κ1) is 12.6. The zero-order valence-electron chi connectivity index (χ0n) is 9.87. The number of carbonyl (C=O) groups is 1. The summed E-state index contributed by atoms with van der Waals surface area (Å²) in [6.07, 6.45) is 4.89. The molecule has 0 aliphatic heterocycles. The van der Waals surface area contributed by atoms with Crippen molar-refractivity contribution < 1.29 is 9.21 Å². The standard InChI is InChI=1S/C12H13N3O2S/c1-9(10-4-2-7-17-10)15-11(16)8-18-12-13-5-3-6-14-12/h2-7,9H,8H2,1H3,(H,15,16)/t9-/m1/s1. The number of carbonyl (C=O) groups excluding carboxylic acids is 1. The Kier molecular flexibility index (Phi) is 4.35. The topological polar surface area (TPSA) is 68.0 Å². The Bertz CT molecular complexity index is 487. The summed E-state index contributed by atoms with van der Waals surface area (Å²) in [5.41, 5.74) is 0. The van der Waals surface area contributed by atoms with Gasteiger partial charge in [0, 0.05) is 12.4 Å². The van der Waals surface area contributed by atoms with Crippen LogP contribution in [0.25, 0.3) is 0 Å². The molecule has 0 aliphatic carbocycles. The van der Waals surface area contributed by atoms with Gasteiger partial charge >= 0.3 is 0 Å². The zero-order valence-corrected chi connectivity index (χ0v) is 10.7. The highest BCUT2D eigenvalue weighted by Crippen LogP contribution is 2.14. The van der Waals surface area contributed by atoms with Gasteiger partial charge in [-0.15, -0.1) is 0 Å². The number of hydrogen-bond acceptors (Lipinski definition) is 5. The first-order valence-corrected chi connectivity index (χ1v) is 6.47. The molecule has 0 radical (unpaired) electrons. The van der Waals surface area contributed by atoms with Crippen molar-refractivity contribution in [3.8, 4) is 0 Å². The fraction of sp³-hybridized carbons (Fsp3) is 0.250. The molecule has 1 amide bonds. The van der Waals surface area contributed by atoms with Gasteiger partial charge in [0.2, 0.25) is 5.91 Å². The number of amides is 1. The van der Waals surface area contributed by atoms with E-state index in [2.05, 4.69) is 15.3 Å². The molecule has 2 rings (SSSR count). The third-order valence-corrected chi connectivity index (χ3v) is 3.10. The van der Waals surface area contributed by atoms with Crippen LogP contribution in [-0.4, -0.2) is 21.6 Å². The Morgan fingerprint density at radius 1 is 1.44 bits per heavy atom. The van der Waals surface area contributed by atoms with Gasteiger partial charge in [0.05, 0.1) is 18.1 Å². The largest absolute Gasteiger partial charge is 0.467 e. The third kappa shape index (κ3) is 3.59. The summed E-state index contributed by atoms with van der Waals surface area (Å²) in [6, 6.07) is 5.23. The number of thioether (sulfide) groups is 1. The molecule has 2 aromatic heterocycles. The lowest BCUT2D eigenvalue weighted by Crippen LogP contribution is -2.27. The van der Waals surface area contributed by atoms with E-state index in [1.54, 1.807) is 30.8 Å². The number of hydrogen-bond donors (Lipinski definition) is 1. The van der Waals surface area contributed by atoms with Crippen LogP contribution in [0.5, 0.6) is 0 Å². The number of furan rings is 1. The molecule has 0 aliphatic rings. The van der Waals surface area contributed by atoms with Gasteiger partial charge in [-0.3, -0.25) is 4.79 Å². The molecule has 0 saturated carbocycles. The quantitative estimate of drug-likeness (QED) is 0.660. The maximum absolute atomic E-state index is 11.7. The van der Waals surface area contributed by atoms with E-state index in [9.17, 15) is 4.79 Å². The van der Waals surface area contributed by atoms with E-state index in [1.165, 1.54) is 11.8 Å². The molecule has 6 heteroatoms. The average Bonchev–Trinajstić information content (AvgIpc) is 2.91. The van der Waals surface area contributed by atoms with Crippen LogP contribution in [0.2, 0.25) is 0 Å². The fourth-order valence-electron chi connectivity index (χ4n) is 1.38. The molecule has 18 heavy (non-hydrogen) atoms. The van der Waals surface area contributed by atoms with Crippen LogP contribution >= 0.6 is 11.8 Å². The molecule has 0 bridgehead atoms. The van der Waals surface area contributed by atoms with Gasteiger partial charge < -0.3 is 9.73 Å². The van der Waals surface area contributed by atoms with Crippen molar-refractivity contribution >= 4 is 17.7 Å². The second-order valence-electron chi connectivity index (χ2n) is 3.62. The molecular formula is C12H13N3O2S. The molecule has 2 aromatic rings. The SMILES string of the molecule is C[C@@H](NC(=O)CSc1ncccn1)c1ccco1. The average molecular weight is 263 g/mol. The fourth-order valence-corrected chi connectivity index (χ4v) is 2.00. The molecular weight excluding hydrogens is 250 g/mol. The van der Waals surface area contributed by atoms with Gasteiger partial charge in [-0.25, -0.2) is 9.97 Å². The molecule has 0 aromatic carbocycles. The minimum Gasteiger partial charge on any atom is -0.467 e. The number of nitrogens with one attached hydrogen (secondary N) is 1. The van der Waals surface area contributed by atoms with Gasteiger partial charge in [0.25, 0.3) is 0 Å². The van der Waals surface area contributed by atoms with Crippen LogP contribution in [0.3, 0.4) is 0 Å². The highest BCUT2D eigenvalue weighted by molar-refractivity contribution is 7.99. The van der Waals surface area contributed by atoms with Crippen molar-refractivity contribution in [3.63, 3.8) is 0 Å². The summed E-state index contributed by atoms with van der Waals surface area (Å²) >= 11 is 1.30. The van der Waals surface area contributed by atoms with Crippen molar-refractivity contribution in [1.82, 2.24) is 15.3 Å². The Morgan fingerprint density at radius 3 is 2.89 bits per heavy atom. The van der Waals surface area contributed by atoms with E-state index >= 15 is 0 Å². The number of nitrogens with zero attached hydrogens (tertiary/aromatic N) is 2. The monoisotopic (exact) mass is 263 g/mol. The maximum Gasteiger partial charge on any atom is 0.231 e. The highest BCUT2D eigenvalue weighted by atomic mass is 32.2. The van der Waals surface area contributed by atoms with Gasteiger partial charge in [-0.2, -0.15) is 0 Å². The van der Waals surface area contributed by atoms with Crippen molar-refractivity contribution in [2.45, 2.75) is 18.1 Å². The van der Waals surface area contributed by atoms with E-state index in [0.29, 0.717) is 5.16 Å². The van der Waals surface area contributed by atoms with E-state index in [1.807, 2.05) is 13.0 Å².